The van der Waals surface area contributed by atoms with Crippen molar-refractivity contribution < 1.29 is 24.5 Å². The molecule has 0 saturated carbocycles. The first-order valence-electron chi connectivity index (χ1n) is 5.43. The minimum Gasteiger partial charge on any atom is -0.507 e. The van der Waals surface area contributed by atoms with Crippen molar-refractivity contribution in [3.05, 3.63) is 29.3 Å². The lowest BCUT2D eigenvalue weighted by Crippen LogP contribution is -2.17. The maximum absolute atomic E-state index is 11.2. The van der Waals surface area contributed by atoms with E-state index in [0.717, 1.165) is 0 Å². The summed E-state index contributed by atoms with van der Waals surface area (Å²) in [4.78, 5) is 22.1. The zero-order valence-corrected chi connectivity index (χ0v) is 9.92. The largest absolute Gasteiger partial charge is 0.507 e. The van der Waals surface area contributed by atoms with Crippen molar-refractivity contribution in [3.63, 3.8) is 0 Å². The predicted octanol–water partition coefficient (Wildman–Crippen LogP) is 1.04. The van der Waals surface area contributed by atoms with Crippen LogP contribution in [0.15, 0.2) is 18.2 Å². The molecule has 0 aliphatic carbocycles. The molecule has 0 spiro atoms. The monoisotopic (exact) mass is 253 g/mol. The Balaban J connectivity index is 2.86. The lowest BCUT2D eigenvalue weighted by Gasteiger charge is -2.12. The van der Waals surface area contributed by atoms with Gasteiger partial charge in [-0.2, -0.15) is 0 Å². The molecule has 0 radical (unpaired) electrons. The van der Waals surface area contributed by atoms with Crippen molar-refractivity contribution in [2.24, 2.45) is 5.73 Å². The number of rotatable bonds is 5. The van der Waals surface area contributed by atoms with Gasteiger partial charge in [0.15, 0.2) is 0 Å². The molecule has 0 saturated heterocycles. The number of carbonyl (C=O) groups excluding carboxylic acids is 1. The van der Waals surface area contributed by atoms with Gasteiger partial charge < -0.3 is 20.7 Å². The summed E-state index contributed by atoms with van der Waals surface area (Å²) in [6, 6.07) is 3.31. The summed E-state index contributed by atoms with van der Waals surface area (Å²) in [6.07, 6.45) is -0.0440. The van der Waals surface area contributed by atoms with Crippen molar-refractivity contribution in [2.75, 3.05) is 6.61 Å². The molecule has 1 rings (SSSR count). The molecule has 0 fully saturated rings. The number of hydrogen-bond donors (Lipinski definition) is 3. The number of benzene rings is 1. The smallest absolute Gasteiger partial charge is 0.339 e. The quantitative estimate of drug-likeness (QED) is 0.676. The Kier molecular flexibility index (Phi) is 4.67. The number of esters is 1. The van der Waals surface area contributed by atoms with E-state index in [4.69, 9.17) is 15.6 Å². The van der Waals surface area contributed by atoms with Gasteiger partial charge in [-0.1, -0.05) is 6.07 Å². The third-order valence-corrected chi connectivity index (χ3v) is 2.37. The Morgan fingerprint density at radius 2 is 2.11 bits per heavy atom. The number of carboxylic acid groups (broad SMARTS) is 1. The Hall–Kier alpha value is -2.08. The first-order valence-corrected chi connectivity index (χ1v) is 5.43. The zero-order valence-electron chi connectivity index (χ0n) is 9.92. The van der Waals surface area contributed by atoms with Crippen LogP contribution in [-0.4, -0.2) is 28.8 Å². The summed E-state index contributed by atoms with van der Waals surface area (Å²) in [6.45, 7) is 1.95. The third kappa shape index (κ3) is 3.46. The minimum atomic E-state index is -1.25. The van der Waals surface area contributed by atoms with Gasteiger partial charge in [0.25, 0.3) is 0 Å². The van der Waals surface area contributed by atoms with Gasteiger partial charge in [0, 0.05) is 6.04 Å². The number of ether oxygens (including phenoxy) is 1. The fourth-order valence-electron chi connectivity index (χ4n) is 1.47. The van der Waals surface area contributed by atoms with Crippen molar-refractivity contribution in [1.82, 2.24) is 0 Å². The molecule has 1 atom stereocenters. The Bertz CT molecular complexity index is 458. The first-order chi connectivity index (χ1) is 8.45. The van der Waals surface area contributed by atoms with E-state index in [0.29, 0.717) is 5.56 Å². The molecule has 0 aliphatic heterocycles. The van der Waals surface area contributed by atoms with Crippen LogP contribution in [0.5, 0.6) is 5.75 Å². The number of nitrogens with two attached hydrogens (primary N) is 1. The number of hydrogen-bond acceptors (Lipinski definition) is 5. The van der Waals surface area contributed by atoms with Gasteiger partial charge in [-0.3, -0.25) is 4.79 Å². The molecule has 0 heterocycles. The molecule has 6 heteroatoms. The highest BCUT2D eigenvalue weighted by molar-refractivity contribution is 5.91. The highest BCUT2D eigenvalue weighted by Gasteiger charge is 2.16. The molecule has 0 aromatic heterocycles. The Morgan fingerprint density at radius 3 is 2.67 bits per heavy atom. The molecule has 6 nitrogen and oxygen atoms in total. The predicted molar refractivity (Wildman–Crippen MR) is 63.2 cm³/mol. The summed E-state index contributed by atoms with van der Waals surface area (Å²) in [7, 11) is 0. The number of carboxylic acids is 1. The van der Waals surface area contributed by atoms with Gasteiger partial charge >= 0.3 is 11.9 Å². The average Bonchev–Trinajstić information content (AvgIpc) is 2.29. The zero-order chi connectivity index (χ0) is 13.7. The summed E-state index contributed by atoms with van der Waals surface area (Å²) < 4.78 is 4.75. The lowest BCUT2D eigenvalue weighted by atomic mass is 10.0. The van der Waals surface area contributed by atoms with E-state index in [1.54, 1.807) is 6.92 Å². The van der Waals surface area contributed by atoms with Gasteiger partial charge in [0.2, 0.25) is 0 Å². The van der Waals surface area contributed by atoms with Gasteiger partial charge in [0.1, 0.15) is 11.3 Å². The van der Waals surface area contributed by atoms with Crippen LogP contribution in [-0.2, 0) is 9.53 Å². The molecule has 0 unspecified atom stereocenters. The summed E-state index contributed by atoms with van der Waals surface area (Å²) >= 11 is 0. The normalized spacial score (nSPS) is 11.9. The van der Waals surface area contributed by atoms with Gasteiger partial charge in [-0.25, -0.2) is 4.79 Å². The van der Waals surface area contributed by atoms with E-state index in [-0.39, 0.29) is 24.3 Å². The van der Waals surface area contributed by atoms with E-state index in [1.807, 2.05) is 0 Å². The summed E-state index contributed by atoms with van der Waals surface area (Å²) in [5.74, 6) is -2.04. The van der Waals surface area contributed by atoms with Crippen LogP contribution in [0.4, 0.5) is 0 Å². The van der Waals surface area contributed by atoms with Crippen LogP contribution in [0.1, 0.15) is 35.3 Å². The fraction of sp³-hybridized carbons (Fsp3) is 0.333. The Morgan fingerprint density at radius 1 is 1.44 bits per heavy atom. The average molecular weight is 253 g/mol. The second-order valence-corrected chi connectivity index (χ2v) is 3.70. The standard InChI is InChI=1S/C12H15NO5/c1-2-18-11(15)6-9(13)7-3-4-10(14)8(5-7)12(16)17/h3-5,9,14H,2,6,13H2,1H3,(H,16,17)/t9-/m0/s1. The topological polar surface area (TPSA) is 110 Å². The van der Waals surface area contributed by atoms with Crippen LogP contribution >= 0.6 is 0 Å². The van der Waals surface area contributed by atoms with E-state index in [2.05, 4.69) is 0 Å². The van der Waals surface area contributed by atoms with Crippen LogP contribution in [0, 0.1) is 0 Å². The number of phenols is 1. The van der Waals surface area contributed by atoms with Crippen LogP contribution in [0.3, 0.4) is 0 Å². The first kappa shape index (κ1) is 14.0. The van der Waals surface area contributed by atoms with Crippen molar-refractivity contribution >= 4 is 11.9 Å². The highest BCUT2D eigenvalue weighted by atomic mass is 16.5. The fourth-order valence-corrected chi connectivity index (χ4v) is 1.47. The maximum Gasteiger partial charge on any atom is 0.339 e. The molecule has 1 aromatic rings. The maximum atomic E-state index is 11.2. The molecular formula is C12H15NO5. The molecule has 4 N–H and O–H groups in total. The van der Waals surface area contributed by atoms with Crippen molar-refractivity contribution in [2.45, 2.75) is 19.4 Å². The SMILES string of the molecule is CCOC(=O)C[C@H](N)c1ccc(O)c(C(=O)O)c1. The molecule has 1 aromatic carbocycles. The van der Waals surface area contributed by atoms with Gasteiger partial charge in [0.05, 0.1) is 13.0 Å². The number of carbonyl (C=O) groups is 2. The number of aromatic carboxylic acids is 1. The van der Waals surface area contributed by atoms with Crippen molar-refractivity contribution in [1.29, 1.82) is 0 Å². The molecular weight excluding hydrogens is 238 g/mol. The van der Waals surface area contributed by atoms with E-state index in [9.17, 15) is 14.7 Å². The molecule has 18 heavy (non-hydrogen) atoms. The molecule has 0 aliphatic rings. The van der Waals surface area contributed by atoms with Gasteiger partial charge in [-0.15, -0.1) is 0 Å². The van der Waals surface area contributed by atoms with Gasteiger partial charge in [-0.05, 0) is 24.6 Å². The highest BCUT2D eigenvalue weighted by Crippen LogP contribution is 2.23. The minimum absolute atomic E-state index is 0.0440. The third-order valence-electron chi connectivity index (χ3n) is 2.37. The number of aromatic hydroxyl groups is 1. The summed E-state index contributed by atoms with van der Waals surface area (Å²) in [5, 5.41) is 18.2. The molecule has 98 valence electrons. The van der Waals surface area contributed by atoms with Crippen LogP contribution in [0.2, 0.25) is 0 Å². The van der Waals surface area contributed by atoms with Crippen LogP contribution < -0.4 is 5.73 Å². The lowest BCUT2D eigenvalue weighted by molar-refractivity contribution is -0.143. The molecule has 0 bridgehead atoms. The second kappa shape index (κ2) is 6.02. The van der Waals surface area contributed by atoms with E-state index < -0.39 is 18.0 Å². The van der Waals surface area contributed by atoms with Crippen LogP contribution in [0.25, 0.3) is 0 Å². The second-order valence-electron chi connectivity index (χ2n) is 3.70. The van der Waals surface area contributed by atoms with Crippen molar-refractivity contribution in [3.8, 4) is 5.75 Å². The van der Waals surface area contributed by atoms with E-state index in [1.165, 1.54) is 18.2 Å². The van der Waals surface area contributed by atoms with E-state index >= 15 is 0 Å². The Labute approximate surface area is 104 Å². The summed E-state index contributed by atoms with van der Waals surface area (Å²) in [5.41, 5.74) is 5.98. The molecule has 0 amide bonds.